The van der Waals surface area contributed by atoms with Gasteiger partial charge in [-0.2, -0.15) is 17.5 Å². The van der Waals surface area contributed by atoms with Gasteiger partial charge in [-0.15, -0.1) is 0 Å². The number of benzene rings is 1. The summed E-state index contributed by atoms with van der Waals surface area (Å²) < 4.78 is 50.2. The molecule has 1 aliphatic rings. The van der Waals surface area contributed by atoms with E-state index in [2.05, 4.69) is 24.6 Å². The van der Waals surface area contributed by atoms with Gasteiger partial charge in [-0.3, -0.25) is 4.79 Å². The number of pyridine rings is 2. The smallest absolute Gasteiger partial charge is 0.416 e. The van der Waals surface area contributed by atoms with Crippen LogP contribution < -0.4 is 10.1 Å². The molecule has 39 heavy (non-hydrogen) atoms. The van der Waals surface area contributed by atoms with Crippen LogP contribution in [0.2, 0.25) is 0 Å². The predicted molar refractivity (Wildman–Crippen MR) is 142 cm³/mol. The highest BCUT2D eigenvalue weighted by Gasteiger charge is 2.31. The summed E-state index contributed by atoms with van der Waals surface area (Å²) in [5.41, 5.74) is -0.814. The Morgan fingerprint density at radius 2 is 1.95 bits per heavy atom. The van der Waals surface area contributed by atoms with Crippen molar-refractivity contribution >= 4 is 40.2 Å². The quantitative estimate of drug-likeness (QED) is 0.260. The lowest BCUT2D eigenvalue weighted by Gasteiger charge is -2.29. The largest absolute Gasteiger partial charge is 0.453 e. The summed E-state index contributed by atoms with van der Waals surface area (Å²) in [5.74, 6) is 1.41. The SMILES string of the molecule is CC(=O)N1CCC(c2nsc(Nc3ncc(Sc4ccccn4)cc3Oc3cccc(C(F)(F)F)c3)n2)CC1. The third-order valence-corrected chi connectivity index (χ3v) is 7.60. The van der Waals surface area contributed by atoms with E-state index in [0.717, 1.165) is 41.5 Å². The molecule has 1 aliphatic heterocycles. The normalized spacial score (nSPS) is 14.3. The number of likely N-dealkylation sites (tertiary alicyclic amines) is 1. The maximum atomic E-state index is 13.3. The Balaban J connectivity index is 1.38. The number of piperidine rings is 1. The number of amides is 1. The third-order valence-electron chi connectivity index (χ3n) is 6.05. The van der Waals surface area contributed by atoms with E-state index >= 15 is 0 Å². The van der Waals surface area contributed by atoms with Gasteiger partial charge < -0.3 is 15.0 Å². The van der Waals surface area contributed by atoms with Crippen LogP contribution >= 0.6 is 23.3 Å². The number of hydrogen-bond acceptors (Lipinski definition) is 9. The molecule has 1 amide bonds. The van der Waals surface area contributed by atoms with Crippen molar-refractivity contribution in [2.24, 2.45) is 0 Å². The second kappa shape index (κ2) is 11.6. The van der Waals surface area contributed by atoms with Crippen molar-refractivity contribution in [1.82, 2.24) is 24.2 Å². The highest BCUT2D eigenvalue weighted by atomic mass is 32.2. The molecule has 0 atom stereocenters. The van der Waals surface area contributed by atoms with E-state index in [9.17, 15) is 18.0 Å². The van der Waals surface area contributed by atoms with E-state index in [1.165, 1.54) is 23.9 Å². The lowest BCUT2D eigenvalue weighted by Crippen LogP contribution is -2.36. The van der Waals surface area contributed by atoms with E-state index in [4.69, 9.17) is 4.74 Å². The first-order chi connectivity index (χ1) is 18.7. The first kappa shape index (κ1) is 26.9. The van der Waals surface area contributed by atoms with Gasteiger partial charge in [0.05, 0.1) is 5.56 Å². The Hall–Kier alpha value is -3.71. The zero-order chi connectivity index (χ0) is 27.4. The Morgan fingerprint density at radius 3 is 2.67 bits per heavy atom. The minimum absolute atomic E-state index is 0.0184. The second-order valence-electron chi connectivity index (χ2n) is 8.78. The second-order valence-corrected chi connectivity index (χ2v) is 10.6. The molecule has 1 fully saturated rings. The van der Waals surface area contributed by atoms with Crippen LogP contribution in [0.25, 0.3) is 0 Å². The van der Waals surface area contributed by atoms with Gasteiger partial charge in [0.1, 0.15) is 16.6 Å². The first-order valence-electron chi connectivity index (χ1n) is 12.0. The zero-order valence-electron chi connectivity index (χ0n) is 20.7. The molecule has 0 unspecified atom stereocenters. The monoisotopic (exact) mass is 572 g/mol. The average molecular weight is 573 g/mol. The summed E-state index contributed by atoms with van der Waals surface area (Å²) in [6, 6.07) is 11.9. The summed E-state index contributed by atoms with van der Waals surface area (Å²) in [6.45, 7) is 2.89. The van der Waals surface area contributed by atoms with Crippen molar-refractivity contribution in [1.29, 1.82) is 0 Å². The van der Waals surface area contributed by atoms with Gasteiger partial charge in [0.15, 0.2) is 11.6 Å². The average Bonchev–Trinajstić information content (AvgIpc) is 3.39. The molecular weight excluding hydrogens is 549 g/mol. The summed E-state index contributed by atoms with van der Waals surface area (Å²) >= 11 is 2.51. The topological polar surface area (TPSA) is 93.1 Å². The van der Waals surface area contributed by atoms with Crippen LogP contribution in [0.3, 0.4) is 0 Å². The number of aromatic nitrogens is 4. The van der Waals surface area contributed by atoms with E-state index < -0.39 is 11.7 Å². The third kappa shape index (κ3) is 6.84. The number of carbonyl (C=O) groups is 1. The number of nitrogens with zero attached hydrogens (tertiary/aromatic N) is 5. The lowest BCUT2D eigenvalue weighted by molar-refractivity contribution is -0.137. The maximum Gasteiger partial charge on any atom is 0.416 e. The molecule has 1 N–H and O–H groups in total. The van der Waals surface area contributed by atoms with Crippen LogP contribution in [-0.2, 0) is 11.0 Å². The van der Waals surface area contributed by atoms with Crippen molar-refractivity contribution in [3.05, 3.63) is 72.3 Å². The molecule has 13 heteroatoms. The predicted octanol–water partition coefficient (Wildman–Crippen LogP) is 6.76. The number of alkyl halides is 3. The summed E-state index contributed by atoms with van der Waals surface area (Å²) in [4.78, 5) is 27.5. The van der Waals surface area contributed by atoms with Crippen LogP contribution in [0.5, 0.6) is 11.5 Å². The Kier molecular flexibility index (Phi) is 7.98. The van der Waals surface area contributed by atoms with Crippen molar-refractivity contribution < 1.29 is 22.7 Å². The number of anilines is 2. The molecule has 8 nitrogen and oxygen atoms in total. The fourth-order valence-corrected chi connectivity index (χ4v) is 5.47. The minimum atomic E-state index is -4.50. The molecule has 0 bridgehead atoms. The minimum Gasteiger partial charge on any atom is -0.453 e. The molecule has 3 aromatic heterocycles. The van der Waals surface area contributed by atoms with Gasteiger partial charge >= 0.3 is 6.18 Å². The van der Waals surface area contributed by atoms with Gasteiger partial charge in [-0.25, -0.2) is 15.0 Å². The number of carbonyl (C=O) groups excluding carboxylic acids is 1. The summed E-state index contributed by atoms with van der Waals surface area (Å²) in [5, 5.41) is 4.32. The molecule has 0 aliphatic carbocycles. The highest BCUT2D eigenvalue weighted by Crippen LogP contribution is 2.38. The fraction of sp³-hybridized carbons (Fsp3) is 0.269. The Bertz CT molecular complexity index is 1440. The number of hydrogen-bond donors (Lipinski definition) is 1. The van der Waals surface area contributed by atoms with E-state index in [0.29, 0.717) is 28.9 Å². The van der Waals surface area contributed by atoms with Crippen LogP contribution in [0.1, 0.15) is 37.1 Å². The summed E-state index contributed by atoms with van der Waals surface area (Å²) in [6.07, 6.45) is 0.344. The van der Waals surface area contributed by atoms with Gasteiger partial charge in [0, 0.05) is 60.8 Å². The molecule has 0 saturated carbocycles. The maximum absolute atomic E-state index is 13.3. The Labute approximate surface area is 230 Å². The molecule has 0 spiro atoms. The van der Waals surface area contributed by atoms with Crippen LogP contribution in [0, 0.1) is 0 Å². The number of rotatable bonds is 7. The number of ether oxygens (including phenoxy) is 1. The van der Waals surface area contributed by atoms with Gasteiger partial charge in [-0.1, -0.05) is 23.9 Å². The van der Waals surface area contributed by atoms with E-state index in [1.54, 1.807) is 31.5 Å². The zero-order valence-corrected chi connectivity index (χ0v) is 22.3. The first-order valence-corrected chi connectivity index (χ1v) is 13.6. The molecule has 1 saturated heterocycles. The summed E-state index contributed by atoms with van der Waals surface area (Å²) in [7, 11) is 0. The van der Waals surface area contributed by atoms with Gasteiger partial charge in [0.25, 0.3) is 0 Å². The molecular formula is C26H23F3N6O2S2. The van der Waals surface area contributed by atoms with Crippen LogP contribution in [0.4, 0.5) is 24.1 Å². The molecule has 1 aromatic carbocycles. The van der Waals surface area contributed by atoms with Crippen LogP contribution in [-0.4, -0.2) is 43.2 Å². The standard InChI is InChI=1S/C26H23F3N6O2S2/c1-16(36)35-11-8-17(9-12-35)23-32-25(39-34-23)33-24-21(37-19-6-4-5-18(13-19)26(27,28)29)14-20(15-31-24)38-22-7-2-3-10-30-22/h2-7,10,13-15,17H,8-9,11-12H2,1H3,(H,31,32,33,34). The van der Waals surface area contributed by atoms with E-state index in [-0.39, 0.29) is 29.1 Å². The molecule has 202 valence electrons. The molecule has 4 heterocycles. The molecule has 4 aromatic rings. The van der Waals surface area contributed by atoms with Crippen molar-refractivity contribution in [2.75, 3.05) is 18.4 Å². The number of halogens is 3. The van der Waals surface area contributed by atoms with E-state index in [1.807, 2.05) is 17.0 Å². The fourth-order valence-electron chi connectivity index (χ4n) is 4.05. The molecule has 5 rings (SSSR count). The van der Waals surface area contributed by atoms with Gasteiger partial charge in [0.2, 0.25) is 11.0 Å². The number of nitrogens with one attached hydrogen (secondary N) is 1. The highest BCUT2D eigenvalue weighted by molar-refractivity contribution is 7.99. The molecule has 0 radical (unpaired) electrons. The lowest BCUT2D eigenvalue weighted by atomic mass is 9.96. The van der Waals surface area contributed by atoms with Crippen molar-refractivity contribution in [2.45, 2.75) is 41.8 Å². The van der Waals surface area contributed by atoms with Crippen molar-refractivity contribution in [3.63, 3.8) is 0 Å². The van der Waals surface area contributed by atoms with Gasteiger partial charge in [-0.05, 0) is 43.2 Å². The van der Waals surface area contributed by atoms with Crippen molar-refractivity contribution in [3.8, 4) is 11.5 Å². The Morgan fingerprint density at radius 1 is 1.13 bits per heavy atom. The van der Waals surface area contributed by atoms with Crippen LogP contribution in [0.15, 0.2) is 70.8 Å².